The second-order valence-electron chi connectivity index (χ2n) is 6.34. The Morgan fingerprint density at radius 2 is 2.05 bits per heavy atom. The zero-order valence-electron chi connectivity index (χ0n) is 12.5. The molecule has 6 heteroatoms. The number of carboxylic acid groups (broad SMARTS) is 1. The number of aliphatic carboxylic acids is 1. The Labute approximate surface area is 127 Å². The predicted octanol–water partition coefficient (Wildman–Crippen LogP) is 2.69. The summed E-state index contributed by atoms with van der Waals surface area (Å²) >= 11 is 0. The fourth-order valence-corrected chi connectivity index (χ4v) is 2.37. The molecule has 1 amide bonds. The van der Waals surface area contributed by atoms with Crippen molar-refractivity contribution in [3.05, 3.63) is 35.4 Å². The standard InChI is InChI=1S/C16H19F2NO3/c1-16(2,15(21)22)5-6-19-14(20)12-8-11(12)10-4-3-9(17)7-13(10)18/h3-4,7,11-12H,5-6,8H2,1-2H3,(H,19,20)(H,21,22). The molecule has 22 heavy (non-hydrogen) atoms. The molecule has 0 heterocycles. The fourth-order valence-electron chi connectivity index (χ4n) is 2.37. The third kappa shape index (κ3) is 3.61. The average Bonchev–Trinajstić information content (AvgIpc) is 3.18. The summed E-state index contributed by atoms with van der Waals surface area (Å²) in [7, 11) is 0. The average molecular weight is 311 g/mol. The third-order valence-corrected chi connectivity index (χ3v) is 4.12. The molecule has 0 spiro atoms. The first-order valence-electron chi connectivity index (χ1n) is 7.18. The topological polar surface area (TPSA) is 66.4 Å². The highest BCUT2D eigenvalue weighted by atomic mass is 19.1. The molecule has 0 aliphatic heterocycles. The lowest BCUT2D eigenvalue weighted by molar-refractivity contribution is -0.147. The van der Waals surface area contributed by atoms with E-state index < -0.39 is 23.0 Å². The summed E-state index contributed by atoms with van der Waals surface area (Å²) in [5.41, 5.74) is -0.549. The quantitative estimate of drug-likeness (QED) is 0.849. The molecule has 1 aromatic carbocycles. The molecule has 0 saturated heterocycles. The summed E-state index contributed by atoms with van der Waals surface area (Å²) in [6.07, 6.45) is 0.840. The van der Waals surface area contributed by atoms with Crippen molar-refractivity contribution in [2.75, 3.05) is 6.54 Å². The first-order chi connectivity index (χ1) is 10.2. The van der Waals surface area contributed by atoms with Gasteiger partial charge in [0, 0.05) is 18.5 Å². The van der Waals surface area contributed by atoms with Crippen LogP contribution in [-0.4, -0.2) is 23.5 Å². The molecule has 1 aliphatic rings. The third-order valence-electron chi connectivity index (χ3n) is 4.12. The molecule has 0 aromatic heterocycles. The first-order valence-corrected chi connectivity index (χ1v) is 7.18. The van der Waals surface area contributed by atoms with Crippen molar-refractivity contribution in [3.63, 3.8) is 0 Å². The zero-order chi connectivity index (χ0) is 16.5. The van der Waals surface area contributed by atoms with E-state index in [1.807, 2.05) is 0 Å². The first kappa shape index (κ1) is 16.4. The van der Waals surface area contributed by atoms with Crippen LogP contribution in [0.2, 0.25) is 0 Å². The van der Waals surface area contributed by atoms with Crippen LogP contribution >= 0.6 is 0 Å². The van der Waals surface area contributed by atoms with Crippen molar-refractivity contribution in [2.24, 2.45) is 11.3 Å². The number of benzene rings is 1. The molecule has 0 radical (unpaired) electrons. The summed E-state index contributed by atoms with van der Waals surface area (Å²) in [4.78, 5) is 22.9. The minimum atomic E-state index is -0.917. The molecule has 1 saturated carbocycles. The van der Waals surface area contributed by atoms with Gasteiger partial charge in [-0.05, 0) is 44.2 Å². The van der Waals surface area contributed by atoms with Crippen LogP contribution in [0.4, 0.5) is 8.78 Å². The Morgan fingerprint density at radius 1 is 1.36 bits per heavy atom. The summed E-state index contributed by atoms with van der Waals surface area (Å²) in [5, 5.41) is 11.7. The summed E-state index contributed by atoms with van der Waals surface area (Å²) < 4.78 is 26.5. The highest BCUT2D eigenvalue weighted by Crippen LogP contribution is 2.48. The summed E-state index contributed by atoms with van der Waals surface area (Å²) in [6.45, 7) is 3.44. The van der Waals surface area contributed by atoms with Gasteiger partial charge in [0.2, 0.25) is 5.91 Å². The number of carbonyl (C=O) groups excluding carboxylic acids is 1. The van der Waals surface area contributed by atoms with Crippen LogP contribution < -0.4 is 5.32 Å². The summed E-state index contributed by atoms with van der Waals surface area (Å²) in [6, 6.07) is 3.37. The Bertz CT molecular complexity index is 601. The van der Waals surface area contributed by atoms with Crippen LogP contribution in [0.25, 0.3) is 0 Å². The number of hydrogen-bond donors (Lipinski definition) is 2. The van der Waals surface area contributed by atoms with Gasteiger partial charge < -0.3 is 10.4 Å². The molecule has 120 valence electrons. The van der Waals surface area contributed by atoms with Crippen LogP contribution in [0, 0.1) is 23.0 Å². The van der Waals surface area contributed by atoms with Crippen LogP contribution in [-0.2, 0) is 9.59 Å². The monoisotopic (exact) mass is 311 g/mol. The van der Waals surface area contributed by atoms with Gasteiger partial charge in [0.05, 0.1) is 5.41 Å². The van der Waals surface area contributed by atoms with Gasteiger partial charge in [-0.15, -0.1) is 0 Å². The Kier molecular flexibility index (Phi) is 4.49. The van der Waals surface area contributed by atoms with E-state index in [2.05, 4.69) is 5.32 Å². The Morgan fingerprint density at radius 3 is 2.64 bits per heavy atom. The lowest BCUT2D eigenvalue weighted by Crippen LogP contribution is -2.32. The Hall–Kier alpha value is -1.98. The minimum Gasteiger partial charge on any atom is -0.481 e. The van der Waals surface area contributed by atoms with Gasteiger partial charge in [0.15, 0.2) is 0 Å². The molecular formula is C16H19F2NO3. The van der Waals surface area contributed by atoms with Gasteiger partial charge in [0.1, 0.15) is 11.6 Å². The van der Waals surface area contributed by atoms with Crippen molar-refractivity contribution >= 4 is 11.9 Å². The number of amides is 1. The second kappa shape index (κ2) is 6.02. The SMILES string of the molecule is CC(C)(CCNC(=O)C1CC1c1ccc(F)cc1F)C(=O)O. The van der Waals surface area contributed by atoms with E-state index in [1.54, 1.807) is 13.8 Å². The van der Waals surface area contributed by atoms with Gasteiger partial charge in [0.25, 0.3) is 0 Å². The number of rotatable bonds is 6. The van der Waals surface area contributed by atoms with E-state index in [0.717, 1.165) is 6.07 Å². The molecule has 0 bridgehead atoms. The van der Waals surface area contributed by atoms with E-state index in [1.165, 1.54) is 12.1 Å². The van der Waals surface area contributed by atoms with Crippen molar-refractivity contribution in [1.29, 1.82) is 0 Å². The number of halogens is 2. The minimum absolute atomic E-state index is 0.213. The number of carboxylic acids is 1. The number of carbonyl (C=O) groups is 2. The predicted molar refractivity (Wildman–Crippen MR) is 76.2 cm³/mol. The van der Waals surface area contributed by atoms with Crippen LogP contribution in [0.15, 0.2) is 18.2 Å². The van der Waals surface area contributed by atoms with Gasteiger partial charge in [-0.25, -0.2) is 8.78 Å². The van der Waals surface area contributed by atoms with Crippen molar-refractivity contribution in [2.45, 2.75) is 32.6 Å². The molecule has 2 unspecified atom stereocenters. The molecule has 4 nitrogen and oxygen atoms in total. The van der Waals surface area contributed by atoms with Crippen LogP contribution in [0.3, 0.4) is 0 Å². The molecule has 2 atom stereocenters. The van der Waals surface area contributed by atoms with E-state index in [-0.39, 0.29) is 24.3 Å². The fraction of sp³-hybridized carbons (Fsp3) is 0.500. The molecule has 2 rings (SSSR count). The number of hydrogen-bond acceptors (Lipinski definition) is 2. The van der Waals surface area contributed by atoms with Crippen molar-refractivity contribution < 1.29 is 23.5 Å². The largest absolute Gasteiger partial charge is 0.481 e. The maximum Gasteiger partial charge on any atom is 0.309 e. The maximum atomic E-state index is 13.6. The van der Waals surface area contributed by atoms with Crippen LogP contribution in [0.1, 0.15) is 38.2 Å². The van der Waals surface area contributed by atoms with E-state index in [4.69, 9.17) is 5.11 Å². The van der Waals surface area contributed by atoms with Crippen LogP contribution in [0.5, 0.6) is 0 Å². The molecule has 2 N–H and O–H groups in total. The number of nitrogens with one attached hydrogen (secondary N) is 1. The molecule has 1 aromatic rings. The maximum absolute atomic E-state index is 13.6. The van der Waals surface area contributed by atoms with Gasteiger partial charge in [-0.3, -0.25) is 9.59 Å². The van der Waals surface area contributed by atoms with Gasteiger partial charge in [-0.2, -0.15) is 0 Å². The molecular weight excluding hydrogens is 292 g/mol. The van der Waals surface area contributed by atoms with Gasteiger partial charge >= 0.3 is 5.97 Å². The lowest BCUT2D eigenvalue weighted by atomic mass is 9.90. The van der Waals surface area contributed by atoms with E-state index >= 15 is 0 Å². The van der Waals surface area contributed by atoms with Gasteiger partial charge in [-0.1, -0.05) is 6.07 Å². The Balaban J connectivity index is 1.85. The highest BCUT2D eigenvalue weighted by molar-refractivity contribution is 5.83. The second-order valence-corrected chi connectivity index (χ2v) is 6.34. The van der Waals surface area contributed by atoms with Crippen molar-refractivity contribution in [3.8, 4) is 0 Å². The smallest absolute Gasteiger partial charge is 0.309 e. The lowest BCUT2D eigenvalue weighted by Gasteiger charge is -2.18. The van der Waals surface area contributed by atoms with E-state index in [0.29, 0.717) is 18.4 Å². The van der Waals surface area contributed by atoms with E-state index in [9.17, 15) is 18.4 Å². The normalized spacial score (nSPS) is 20.5. The summed E-state index contributed by atoms with van der Waals surface area (Å²) in [5.74, 6) is -2.96. The van der Waals surface area contributed by atoms with Crippen molar-refractivity contribution in [1.82, 2.24) is 5.32 Å². The highest BCUT2D eigenvalue weighted by Gasteiger charge is 2.45. The zero-order valence-corrected chi connectivity index (χ0v) is 12.5. The molecule has 1 aliphatic carbocycles. The molecule has 1 fully saturated rings.